The molecule has 0 atom stereocenters. The third-order valence-corrected chi connectivity index (χ3v) is 3.42. The van der Waals surface area contributed by atoms with E-state index in [2.05, 4.69) is 20.7 Å². The van der Waals surface area contributed by atoms with Crippen LogP contribution in [0.1, 0.15) is 21.9 Å². The molecule has 122 valence electrons. The fourth-order valence-corrected chi connectivity index (χ4v) is 2.15. The van der Waals surface area contributed by atoms with E-state index in [1.807, 2.05) is 0 Å². The summed E-state index contributed by atoms with van der Waals surface area (Å²) in [7, 11) is 0. The third-order valence-electron chi connectivity index (χ3n) is 3.13. The van der Waals surface area contributed by atoms with Gasteiger partial charge in [0.05, 0.1) is 11.2 Å². The van der Waals surface area contributed by atoms with E-state index < -0.39 is 11.7 Å². The maximum absolute atomic E-state index is 13.2. The van der Waals surface area contributed by atoms with Crippen molar-refractivity contribution in [1.29, 1.82) is 0 Å². The van der Waals surface area contributed by atoms with E-state index in [4.69, 9.17) is 16.0 Å². The number of nitrogens with zero attached hydrogens (tertiary/aromatic N) is 2. The lowest BCUT2D eigenvalue weighted by atomic mass is 10.2. The van der Waals surface area contributed by atoms with Gasteiger partial charge in [0.15, 0.2) is 5.69 Å². The predicted molar refractivity (Wildman–Crippen MR) is 87.5 cm³/mol. The van der Waals surface area contributed by atoms with Gasteiger partial charge in [-0.15, -0.1) is 0 Å². The van der Waals surface area contributed by atoms with Gasteiger partial charge in [-0.25, -0.2) is 9.82 Å². The summed E-state index contributed by atoms with van der Waals surface area (Å²) in [6.07, 6.45) is 1.35. The fourth-order valence-electron chi connectivity index (χ4n) is 1.97. The molecule has 24 heavy (non-hydrogen) atoms. The van der Waals surface area contributed by atoms with Gasteiger partial charge in [-0.05, 0) is 43.3 Å². The number of amides is 1. The molecule has 0 aliphatic carbocycles. The topological polar surface area (TPSA) is 83.3 Å². The average molecular weight is 347 g/mol. The number of aryl methyl sites for hydroxylation is 1. The maximum Gasteiger partial charge on any atom is 0.291 e. The average Bonchev–Trinajstić information content (AvgIpc) is 3.19. The number of benzene rings is 1. The van der Waals surface area contributed by atoms with E-state index in [1.165, 1.54) is 18.3 Å². The number of hydrazone groups is 1. The number of halogens is 2. The van der Waals surface area contributed by atoms with Crippen LogP contribution in [0.4, 0.5) is 4.39 Å². The quantitative estimate of drug-likeness (QED) is 0.560. The van der Waals surface area contributed by atoms with Crippen molar-refractivity contribution in [3.8, 4) is 11.3 Å². The van der Waals surface area contributed by atoms with Gasteiger partial charge in [0, 0.05) is 11.3 Å². The van der Waals surface area contributed by atoms with Crippen LogP contribution in [-0.2, 0) is 0 Å². The molecule has 2 aromatic heterocycles. The Morgan fingerprint density at radius 3 is 2.92 bits per heavy atom. The third kappa shape index (κ3) is 3.52. The first-order valence-corrected chi connectivity index (χ1v) is 7.31. The molecule has 0 fully saturated rings. The number of aromatic nitrogens is 2. The molecular weight excluding hydrogens is 335 g/mol. The molecule has 0 saturated heterocycles. The number of carbonyl (C=O) groups is 1. The standard InChI is InChI=1S/C16H12ClFN4O2/c1-9-6-14(21-20-9)16(23)22-19-8-11-3-5-15(24-11)10-2-4-13(18)12(17)7-10/h2-8H,1H3,(H,20,21)(H,22,23)/b19-8-. The Bertz CT molecular complexity index is 916. The lowest BCUT2D eigenvalue weighted by molar-refractivity contribution is 0.0950. The van der Waals surface area contributed by atoms with Crippen molar-refractivity contribution in [1.82, 2.24) is 15.6 Å². The molecule has 0 bridgehead atoms. The zero-order valence-electron chi connectivity index (χ0n) is 12.5. The Hall–Kier alpha value is -2.93. The number of rotatable bonds is 4. The monoisotopic (exact) mass is 346 g/mol. The Morgan fingerprint density at radius 2 is 2.21 bits per heavy atom. The highest BCUT2D eigenvalue weighted by Crippen LogP contribution is 2.26. The highest BCUT2D eigenvalue weighted by atomic mass is 35.5. The van der Waals surface area contributed by atoms with Gasteiger partial charge in [-0.2, -0.15) is 10.2 Å². The molecule has 0 saturated carbocycles. The summed E-state index contributed by atoms with van der Waals surface area (Å²) < 4.78 is 18.7. The molecule has 3 rings (SSSR count). The number of hydrogen-bond donors (Lipinski definition) is 2. The zero-order valence-corrected chi connectivity index (χ0v) is 13.3. The van der Waals surface area contributed by atoms with Gasteiger partial charge in [0.2, 0.25) is 0 Å². The van der Waals surface area contributed by atoms with Crippen LogP contribution in [0.25, 0.3) is 11.3 Å². The van der Waals surface area contributed by atoms with Crippen LogP contribution in [0.5, 0.6) is 0 Å². The van der Waals surface area contributed by atoms with Crippen LogP contribution >= 0.6 is 11.6 Å². The Labute approximate surface area is 141 Å². The van der Waals surface area contributed by atoms with E-state index in [0.29, 0.717) is 17.1 Å². The smallest absolute Gasteiger partial charge is 0.291 e. The summed E-state index contributed by atoms with van der Waals surface area (Å²) in [5.41, 5.74) is 4.00. The van der Waals surface area contributed by atoms with Crippen molar-refractivity contribution in [2.24, 2.45) is 5.10 Å². The summed E-state index contributed by atoms with van der Waals surface area (Å²) in [5, 5.41) is 10.3. The molecule has 0 unspecified atom stereocenters. The molecule has 0 spiro atoms. The Balaban J connectivity index is 1.67. The second kappa shape index (κ2) is 6.67. The number of carbonyl (C=O) groups excluding carboxylic acids is 1. The molecule has 8 heteroatoms. The number of hydrogen-bond acceptors (Lipinski definition) is 4. The van der Waals surface area contributed by atoms with Gasteiger partial charge in [0.25, 0.3) is 5.91 Å². The molecule has 3 aromatic rings. The number of H-pyrrole nitrogens is 1. The second-order valence-corrected chi connectivity index (χ2v) is 5.37. The molecule has 2 N–H and O–H groups in total. The molecule has 2 heterocycles. The highest BCUT2D eigenvalue weighted by Gasteiger charge is 2.09. The lowest BCUT2D eigenvalue weighted by Crippen LogP contribution is -2.17. The van der Waals surface area contributed by atoms with Crippen LogP contribution in [0.2, 0.25) is 5.02 Å². The van der Waals surface area contributed by atoms with Crippen molar-refractivity contribution in [2.75, 3.05) is 0 Å². The molecular formula is C16H12ClFN4O2. The van der Waals surface area contributed by atoms with E-state index in [0.717, 1.165) is 5.69 Å². The number of nitrogens with one attached hydrogen (secondary N) is 2. The number of aromatic amines is 1. The Kier molecular flexibility index (Phi) is 4.43. The summed E-state index contributed by atoms with van der Waals surface area (Å²) in [5.74, 6) is -0.00525. The van der Waals surface area contributed by atoms with Crippen LogP contribution in [0.3, 0.4) is 0 Å². The summed E-state index contributed by atoms with van der Waals surface area (Å²) in [4.78, 5) is 11.8. The van der Waals surface area contributed by atoms with E-state index in [-0.39, 0.29) is 10.7 Å². The highest BCUT2D eigenvalue weighted by molar-refractivity contribution is 6.31. The van der Waals surface area contributed by atoms with Crippen molar-refractivity contribution in [2.45, 2.75) is 6.92 Å². The normalized spacial score (nSPS) is 11.1. The molecule has 6 nitrogen and oxygen atoms in total. The van der Waals surface area contributed by atoms with Crippen molar-refractivity contribution < 1.29 is 13.6 Å². The van der Waals surface area contributed by atoms with Gasteiger partial charge in [-0.1, -0.05) is 11.6 Å². The SMILES string of the molecule is Cc1cc(C(=O)N/N=C\c2ccc(-c3ccc(F)c(Cl)c3)o2)n[nH]1. The zero-order chi connectivity index (χ0) is 17.1. The van der Waals surface area contributed by atoms with Gasteiger partial charge in [0.1, 0.15) is 17.3 Å². The minimum Gasteiger partial charge on any atom is -0.455 e. The van der Waals surface area contributed by atoms with Gasteiger partial charge < -0.3 is 4.42 Å². The van der Waals surface area contributed by atoms with E-state index >= 15 is 0 Å². The molecule has 1 amide bonds. The first kappa shape index (κ1) is 15.9. The van der Waals surface area contributed by atoms with Crippen LogP contribution in [-0.4, -0.2) is 22.3 Å². The van der Waals surface area contributed by atoms with E-state index in [9.17, 15) is 9.18 Å². The van der Waals surface area contributed by atoms with Gasteiger partial charge in [-0.3, -0.25) is 9.89 Å². The molecule has 0 radical (unpaired) electrons. The first-order chi connectivity index (χ1) is 11.5. The molecule has 1 aromatic carbocycles. The van der Waals surface area contributed by atoms with Crippen LogP contribution in [0.15, 0.2) is 45.9 Å². The largest absolute Gasteiger partial charge is 0.455 e. The van der Waals surface area contributed by atoms with Crippen LogP contribution in [0, 0.1) is 12.7 Å². The lowest BCUT2D eigenvalue weighted by Gasteiger charge is -1.98. The van der Waals surface area contributed by atoms with E-state index in [1.54, 1.807) is 31.2 Å². The summed E-state index contributed by atoms with van der Waals surface area (Å²) in [6, 6.07) is 9.26. The molecule has 0 aliphatic heterocycles. The van der Waals surface area contributed by atoms with Crippen LogP contribution < -0.4 is 5.43 Å². The Morgan fingerprint density at radius 1 is 1.38 bits per heavy atom. The van der Waals surface area contributed by atoms with Crippen molar-refractivity contribution in [3.05, 3.63) is 64.4 Å². The minimum atomic E-state index is -0.495. The predicted octanol–water partition coefficient (Wildman–Crippen LogP) is 3.53. The minimum absolute atomic E-state index is 0.0145. The van der Waals surface area contributed by atoms with Crippen molar-refractivity contribution >= 4 is 23.7 Å². The number of furan rings is 1. The first-order valence-electron chi connectivity index (χ1n) is 6.93. The van der Waals surface area contributed by atoms with Crippen molar-refractivity contribution in [3.63, 3.8) is 0 Å². The maximum atomic E-state index is 13.2. The summed E-state index contributed by atoms with van der Waals surface area (Å²) in [6.45, 7) is 1.79. The second-order valence-electron chi connectivity index (χ2n) is 4.97. The van der Waals surface area contributed by atoms with Gasteiger partial charge >= 0.3 is 0 Å². The fraction of sp³-hybridized carbons (Fsp3) is 0.0625. The summed E-state index contributed by atoms with van der Waals surface area (Å²) >= 11 is 5.75. The molecule has 0 aliphatic rings.